The molecular weight excluding hydrogens is 260 g/mol. The summed E-state index contributed by atoms with van der Waals surface area (Å²) in [6.07, 6.45) is 8.21. The van der Waals surface area contributed by atoms with E-state index in [1.165, 1.54) is 45.1 Å². The molecule has 1 saturated heterocycles. The fourth-order valence-corrected chi connectivity index (χ4v) is 4.17. The van der Waals surface area contributed by atoms with Gasteiger partial charge in [-0.2, -0.15) is 0 Å². The summed E-state index contributed by atoms with van der Waals surface area (Å²) in [7, 11) is 0. The van der Waals surface area contributed by atoms with Gasteiger partial charge in [0.15, 0.2) is 0 Å². The van der Waals surface area contributed by atoms with Crippen LogP contribution in [0.3, 0.4) is 0 Å². The Labute approximate surface area is 129 Å². The van der Waals surface area contributed by atoms with E-state index in [-0.39, 0.29) is 11.8 Å². The monoisotopic (exact) mass is 292 g/mol. The van der Waals surface area contributed by atoms with Crippen LogP contribution in [0.25, 0.3) is 0 Å². The number of rotatable bonds is 5. The van der Waals surface area contributed by atoms with Gasteiger partial charge in [-0.1, -0.05) is 33.6 Å². The van der Waals surface area contributed by atoms with Crippen LogP contribution in [0.2, 0.25) is 0 Å². The molecule has 0 radical (unpaired) electrons. The van der Waals surface area contributed by atoms with E-state index in [9.17, 15) is 4.79 Å². The number of piperidine rings is 1. The summed E-state index contributed by atoms with van der Waals surface area (Å²) in [5, 5.41) is 3.31. The van der Waals surface area contributed by atoms with Crippen LogP contribution in [-0.2, 0) is 4.79 Å². The van der Waals surface area contributed by atoms with Gasteiger partial charge in [0.05, 0.1) is 0 Å². The van der Waals surface area contributed by atoms with E-state index >= 15 is 0 Å². The molecule has 2 atom stereocenters. The van der Waals surface area contributed by atoms with Crippen molar-refractivity contribution in [1.29, 1.82) is 0 Å². The Morgan fingerprint density at radius 1 is 1.14 bits per heavy atom. The number of amides is 1. The largest absolute Gasteiger partial charge is 0.352 e. The molecule has 120 valence electrons. The molecule has 2 unspecified atom stereocenters. The van der Waals surface area contributed by atoms with Gasteiger partial charge in [-0.05, 0) is 43.4 Å². The van der Waals surface area contributed by atoms with Crippen LogP contribution in [0.15, 0.2) is 0 Å². The molecule has 0 aromatic carbocycles. The van der Waals surface area contributed by atoms with Crippen LogP contribution in [0, 0.1) is 23.7 Å². The smallest absolute Gasteiger partial charge is 0.222 e. The minimum absolute atomic E-state index is 0.103. The molecule has 0 aromatic heterocycles. The third-order valence-corrected chi connectivity index (χ3v) is 5.67. The van der Waals surface area contributed by atoms with Crippen molar-refractivity contribution in [2.75, 3.05) is 13.1 Å². The molecule has 2 saturated carbocycles. The van der Waals surface area contributed by atoms with Crippen molar-refractivity contribution in [3.63, 3.8) is 0 Å². The lowest BCUT2D eigenvalue weighted by Crippen LogP contribution is -2.56. The van der Waals surface area contributed by atoms with Crippen molar-refractivity contribution in [2.24, 2.45) is 23.7 Å². The lowest BCUT2D eigenvalue weighted by molar-refractivity contribution is -0.125. The minimum atomic E-state index is 0.103. The first-order valence-corrected chi connectivity index (χ1v) is 9.05. The first-order chi connectivity index (χ1) is 10.0. The molecule has 1 N–H and O–H groups in total. The summed E-state index contributed by atoms with van der Waals surface area (Å²) >= 11 is 0. The van der Waals surface area contributed by atoms with Crippen molar-refractivity contribution >= 4 is 5.91 Å². The predicted octanol–water partition coefficient (Wildman–Crippen LogP) is 3.05. The lowest BCUT2D eigenvalue weighted by atomic mass is 9.78. The topological polar surface area (TPSA) is 32.3 Å². The fraction of sp³-hybridized carbons (Fsp3) is 0.944. The van der Waals surface area contributed by atoms with E-state index in [0.717, 1.165) is 30.3 Å². The average Bonchev–Trinajstić information content (AvgIpc) is 3.18. The van der Waals surface area contributed by atoms with Gasteiger partial charge in [-0.15, -0.1) is 0 Å². The fourth-order valence-electron chi connectivity index (χ4n) is 4.17. The Balaban J connectivity index is 1.57. The van der Waals surface area contributed by atoms with E-state index in [2.05, 4.69) is 17.1 Å². The van der Waals surface area contributed by atoms with Crippen LogP contribution in [0.4, 0.5) is 0 Å². The second kappa shape index (κ2) is 6.28. The molecule has 0 spiro atoms. The van der Waals surface area contributed by atoms with Crippen LogP contribution in [-0.4, -0.2) is 36.0 Å². The second-order valence-electron chi connectivity index (χ2n) is 8.33. The SMILES string of the molecule is CC1CC(N2CC(CC3CC3)CC(NC(=O)C(C)C)C2)C1. The molecule has 3 aliphatic rings. The van der Waals surface area contributed by atoms with E-state index in [4.69, 9.17) is 0 Å². The first-order valence-electron chi connectivity index (χ1n) is 9.05. The van der Waals surface area contributed by atoms with Gasteiger partial charge < -0.3 is 5.32 Å². The molecule has 0 aromatic rings. The highest BCUT2D eigenvalue weighted by Crippen LogP contribution is 2.40. The van der Waals surface area contributed by atoms with Gasteiger partial charge in [0.1, 0.15) is 0 Å². The Morgan fingerprint density at radius 2 is 1.86 bits per heavy atom. The summed E-state index contributed by atoms with van der Waals surface area (Å²) in [6.45, 7) is 8.70. The summed E-state index contributed by atoms with van der Waals surface area (Å²) in [4.78, 5) is 14.7. The van der Waals surface area contributed by atoms with Gasteiger partial charge in [0.2, 0.25) is 5.91 Å². The molecule has 3 rings (SSSR count). The van der Waals surface area contributed by atoms with Crippen LogP contribution in [0.1, 0.15) is 59.3 Å². The maximum Gasteiger partial charge on any atom is 0.222 e. The Morgan fingerprint density at radius 3 is 2.43 bits per heavy atom. The first kappa shape index (κ1) is 15.3. The summed E-state index contributed by atoms with van der Waals surface area (Å²) in [5.41, 5.74) is 0. The standard InChI is InChI=1S/C18H32N2O/c1-12(2)18(21)19-16-9-15(8-14-4-5-14)10-20(11-16)17-6-13(3)7-17/h12-17H,4-11H2,1-3H3,(H,19,21). The molecule has 1 amide bonds. The van der Waals surface area contributed by atoms with E-state index < -0.39 is 0 Å². The summed E-state index contributed by atoms with van der Waals surface area (Å²) in [6, 6.07) is 1.17. The third-order valence-electron chi connectivity index (χ3n) is 5.67. The molecule has 3 heteroatoms. The maximum absolute atomic E-state index is 12.0. The van der Waals surface area contributed by atoms with Crippen molar-refractivity contribution in [3.05, 3.63) is 0 Å². The number of hydrogen-bond donors (Lipinski definition) is 1. The highest BCUT2D eigenvalue weighted by molar-refractivity contribution is 5.78. The van der Waals surface area contributed by atoms with E-state index in [0.29, 0.717) is 6.04 Å². The molecule has 1 heterocycles. The van der Waals surface area contributed by atoms with Crippen LogP contribution < -0.4 is 5.32 Å². The number of nitrogens with one attached hydrogen (secondary N) is 1. The van der Waals surface area contributed by atoms with Gasteiger partial charge in [-0.25, -0.2) is 0 Å². The zero-order valence-corrected chi connectivity index (χ0v) is 14.0. The third kappa shape index (κ3) is 4.00. The molecule has 3 fully saturated rings. The average molecular weight is 292 g/mol. The van der Waals surface area contributed by atoms with Gasteiger partial charge in [0, 0.05) is 31.1 Å². The van der Waals surface area contributed by atoms with E-state index in [1.807, 2.05) is 13.8 Å². The molecule has 0 bridgehead atoms. The molecule has 21 heavy (non-hydrogen) atoms. The number of carbonyl (C=O) groups excluding carboxylic acids is 1. The number of nitrogens with zero attached hydrogens (tertiary/aromatic N) is 1. The van der Waals surface area contributed by atoms with Crippen LogP contribution in [0.5, 0.6) is 0 Å². The van der Waals surface area contributed by atoms with Gasteiger partial charge in [0.25, 0.3) is 0 Å². The summed E-state index contributed by atoms with van der Waals surface area (Å²) < 4.78 is 0. The molecule has 3 nitrogen and oxygen atoms in total. The maximum atomic E-state index is 12.0. The molecule has 1 aliphatic heterocycles. The van der Waals surface area contributed by atoms with Crippen molar-refractivity contribution < 1.29 is 4.79 Å². The quantitative estimate of drug-likeness (QED) is 0.844. The van der Waals surface area contributed by atoms with Crippen LogP contribution >= 0.6 is 0 Å². The highest BCUT2D eigenvalue weighted by atomic mass is 16.1. The molecular formula is C18H32N2O. The Hall–Kier alpha value is -0.570. The Bertz CT molecular complexity index is 371. The summed E-state index contributed by atoms with van der Waals surface area (Å²) in [5.74, 6) is 3.04. The van der Waals surface area contributed by atoms with Gasteiger partial charge >= 0.3 is 0 Å². The predicted molar refractivity (Wildman–Crippen MR) is 86.0 cm³/mol. The number of hydrogen-bond acceptors (Lipinski definition) is 2. The molecule has 2 aliphatic carbocycles. The zero-order valence-electron chi connectivity index (χ0n) is 14.0. The minimum Gasteiger partial charge on any atom is -0.352 e. The van der Waals surface area contributed by atoms with Crippen molar-refractivity contribution in [2.45, 2.75) is 71.4 Å². The zero-order chi connectivity index (χ0) is 15.0. The number of likely N-dealkylation sites (tertiary alicyclic amines) is 1. The van der Waals surface area contributed by atoms with Crippen molar-refractivity contribution in [3.8, 4) is 0 Å². The highest BCUT2D eigenvalue weighted by Gasteiger charge is 2.38. The van der Waals surface area contributed by atoms with Crippen molar-refractivity contribution in [1.82, 2.24) is 10.2 Å². The lowest BCUT2D eigenvalue weighted by Gasteiger charge is -2.47. The normalized spacial score (nSPS) is 37.3. The number of carbonyl (C=O) groups is 1. The Kier molecular flexibility index (Phi) is 4.58. The second-order valence-corrected chi connectivity index (χ2v) is 8.33. The van der Waals surface area contributed by atoms with E-state index in [1.54, 1.807) is 0 Å². The van der Waals surface area contributed by atoms with Gasteiger partial charge in [-0.3, -0.25) is 9.69 Å².